The molecule has 1 aliphatic rings. The van der Waals surface area contributed by atoms with E-state index in [2.05, 4.69) is 4.98 Å². The van der Waals surface area contributed by atoms with E-state index in [1.807, 2.05) is 6.92 Å². The van der Waals surface area contributed by atoms with Gasteiger partial charge in [-0.2, -0.15) is 0 Å². The number of nitrogens with zero attached hydrogens (tertiary/aromatic N) is 2. The number of carbonyl (C=O) groups is 2. The van der Waals surface area contributed by atoms with Crippen molar-refractivity contribution in [2.24, 2.45) is 0 Å². The summed E-state index contributed by atoms with van der Waals surface area (Å²) >= 11 is 0. The number of carbonyl (C=O) groups excluding carboxylic acids is 2. The molecular weight excluding hydrogens is 332 g/mol. The third-order valence-electron chi connectivity index (χ3n) is 4.24. The smallest absolute Gasteiger partial charge is 0.294 e. The van der Waals surface area contributed by atoms with Crippen LogP contribution >= 0.6 is 0 Å². The van der Waals surface area contributed by atoms with Crippen LogP contribution in [0.1, 0.15) is 31.9 Å². The van der Waals surface area contributed by atoms with Gasteiger partial charge in [0.1, 0.15) is 5.75 Å². The third-order valence-corrected chi connectivity index (χ3v) is 4.24. The maximum Gasteiger partial charge on any atom is 0.294 e. The number of rotatable bonds is 6. The van der Waals surface area contributed by atoms with E-state index >= 15 is 0 Å². The van der Waals surface area contributed by atoms with Gasteiger partial charge < -0.3 is 9.84 Å². The Hall–Kier alpha value is -3.15. The molecule has 0 spiro atoms. The van der Waals surface area contributed by atoms with Crippen molar-refractivity contribution in [3.8, 4) is 5.75 Å². The maximum atomic E-state index is 12.8. The largest absolute Gasteiger partial charge is 0.503 e. The summed E-state index contributed by atoms with van der Waals surface area (Å²) in [4.78, 5) is 30.8. The lowest BCUT2D eigenvalue weighted by atomic mass is 9.96. The standard InChI is InChI=1S/C20H20N2O4/c1-3-16(23)17-18(13-7-6-10-21-12-13)22(20(25)19(17)24)14-8-5-9-15(11-14)26-4-2/h5-12,18,24H,3-4H2,1-2H3. The van der Waals surface area contributed by atoms with Gasteiger partial charge >= 0.3 is 0 Å². The van der Waals surface area contributed by atoms with Crippen LogP contribution in [0.5, 0.6) is 5.75 Å². The normalized spacial score (nSPS) is 16.9. The molecule has 0 fully saturated rings. The highest BCUT2D eigenvalue weighted by atomic mass is 16.5. The quantitative estimate of drug-likeness (QED) is 0.862. The molecule has 0 aliphatic carbocycles. The topological polar surface area (TPSA) is 79.7 Å². The molecule has 1 amide bonds. The lowest BCUT2D eigenvalue weighted by Gasteiger charge is -2.27. The van der Waals surface area contributed by atoms with Gasteiger partial charge in [0.2, 0.25) is 0 Å². The molecule has 1 unspecified atom stereocenters. The van der Waals surface area contributed by atoms with E-state index in [1.165, 1.54) is 4.90 Å². The second kappa shape index (κ2) is 7.39. The Bertz CT molecular complexity index is 861. The highest BCUT2D eigenvalue weighted by molar-refractivity contribution is 6.16. The molecule has 6 heteroatoms. The zero-order valence-corrected chi connectivity index (χ0v) is 14.7. The summed E-state index contributed by atoms with van der Waals surface area (Å²) in [5.74, 6) is -0.775. The third kappa shape index (κ3) is 3.06. The summed E-state index contributed by atoms with van der Waals surface area (Å²) < 4.78 is 5.51. The number of aliphatic hydroxyl groups is 1. The van der Waals surface area contributed by atoms with E-state index in [9.17, 15) is 14.7 Å². The summed E-state index contributed by atoms with van der Waals surface area (Å²) in [6, 6.07) is 9.82. The molecule has 1 atom stereocenters. The number of aromatic nitrogens is 1. The zero-order chi connectivity index (χ0) is 18.7. The van der Waals surface area contributed by atoms with Gasteiger partial charge in [-0.1, -0.05) is 19.1 Å². The van der Waals surface area contributed by atoms with Gasteiger partial charge in [-0.3, -0.25) is 19.5 Å². The second-order valence-electron chi connectivity index (χ2n) is 5.83. The number of Topliss-reactive ketones (excluding diaryl/α,β-unsaturated/α-hetero) is 1. The van der Waals surface area contributed by atoms with Gasteiger partial charge in [0.25, 0.3) is 5.91 Å². The Kier molecular flexibility index (Phi) is 5.02. The minimum absolute atomic E-state index is 0.104. The fourth-order valence-corrected chi connectivity index (χ4v) is 3.09. The lowest BCUT2D eigenvalue weighted by Crippen LogP contribution is -2.31. The molecule has 1 N–H and O–H groups in total. The number of amides is 1. The summed E-state index contributed by atoms with van der Waals surface area (Å²) in [5.41, 5.74) is 1.30. The number of aliphatic hydroxyl groups excluding tert-OH is 1. The molecule has 1 aliphatic heterocycles. The first-order valence-corrected chi connectivity index (χ1v) is 8.51. The van der Waals surface area contributed by atoms with E-state index in [0.717, 1.165) is 0 Å². The van der Waals surface area contributed by atoms with Crippen LogP contribution in [0.4, 0.5) is 5.69 Å². The number of anilines is 1. The Balaban J connectivity index is 2.13. The number of hydrogen-bond donors (Lipinski definition) is 1. The van der Waals surface area contributed by atoms with Gasteiger partial charge in [0.15, 0.2) is 11.5 Å². The lowest BCUT2D eigenvalue weighted by molar-refractivity contribution is -0.118. The zero-order valence-electron chi connectivity index (χ0n) is 14.7. The summed E-state index contributed by atoms with van der Waals surface area (Å²) in [7, 11) is 0. The van der Waals surface area contributed by atoms with Crippen molar-refractivity contribution in [1.82, 2.24) is 4.98 Å². The monoisotopic (exact) mass is 352 g/mol. The molecule has 2 heterocycles. The van der Waals surface area contributed by atoms with Crippen LogP contribution in [0.25, 0.3) is 0 Å². The van der Waals surface area contributed by atoms with E-state index < -0.39 is 17.7 Å². The molecule has 0 saturated carbocycles. The number of benzene rings is 1. The summed E-state index contributed by atoms with van der Waals surface area (Å²) in [6.07, 6.45) is 3.40. The van der Waals surface area contributed by atoms with E-state index in [-0.39, 0.29) is 17.8 Å². The highest BCUT2D eigenvalue weighted by Crippen LogP contribution is 2.41. The fraction of sp³-hybridized carbons (Fsp3) is 0.250. The van der Waals surface area contributed by atoms with Crippen molar-refractivity contribution in [1.29, 1.82) is 0 Å². The summed E-state index contributed by atoms with van der Waals surface area (Å²) in [5, 5.41) is 10.4. The van der Waals surface area contributed by atoms with Crippen LogP contribution in [0.3, 0.4) is 0 Å². The molecule has 26 heavy (non-hydrogen) atoms. The average molecular weight is 352 g/mol. The molecule has 3 rings (SSSR count). The molecular formula is C20H20N2O4. The molecule has 0 saturated heterocycles. The fourth-order valence-electron chi connectivity index (χ4n) is 3.09. The second-order valence-corrected chi connectivity index (χ2v) is 5.83. The van der Waals surface area contributed by atoms with Crippen LogP contribution in [-0.2, 0) is 9.59 Å². The molecule has 134 valence electrons. The minimum Gasteiger partial charge on any atom is -0.503 e. The van der Waals surface area contributed by atoms with Crippen LogP contribution in [0.15, 0.2) is 60.1 Å². The Morgan fingerprint density at radius 3 is 2.73 bits per heavy atom. The molecule has 0 radical (unpaired) electrons. The van der Waals surface area contributed by atoms with Gasteiger partial charge in [-0.25, -0.2) is 0 Å². The first-order valence-electron chi connectivity index (χ1n) is 8.51. The van der Waals surface area contributed by atoms with Crippen molar-refractivity contribution in [2.75, 3.05) is 11.5 Å². The molecule has 1 aromatic carbocycles. The van der Waals surface area contributed by atoms with E-state index in [4.69, 9.17) is 4.74 Å². The Labute approximate surface area is 151 Å². The van der Waals surface area contributed by atoms with E-state index in [0.29, 0.717) is 23.6 Å². The molecule has 6 nitrogen and oxygen atoms in total. The Morgan fingerprint density at radius 2 is 2.08 bits per heavy atom. The highest BCUT2D eigenvalue weighted by Gasteiger charge is 2.44. The predicted octanol–water partition coefficient (Wildman–Crippen LogP) is 3.36. The first kappa shape index (κ1) is 17.7. The maximum absolute atomic E-state index is 12.8. The van der Waals surface area contributed by atoms with Crippen molar-refractivity contribution in [3.05, 3.63) is 65.7 Å². The van der Waals surface area contributed by atoms with Gasteiger partial charge in [0, 0.05) is 30.6 Å². The van der Waals surface area contributed by atoms with Gasteiger partial charge in [-0.15, -0.1) is 0 Å². The van der Waals surface area contributed by atoms with Gasteiger partial charge in [0.05, 0.1) is 18.2 Å². The van der Waals surface area contributed by atoms with E-state index in [1.54, 1.807) is 55.7 Å². The molecule has 1 aromatic heterocycles. The number of ether oxygens (including phenoxy) is 1. The molecule has 2 aromatic rings. The van der Waals surface area contributed by atoms with Crippen molar-refractivity contribution >= 4 is 17.4 Å². The first-order chi connectivity index (χ1) is 12.6. The Morgan fingerprint density at radius 1 is 1.27 bits per heavy atom. The molecule has 0 bridgehead atoms. The average Bonchev–Trinajstić information content (AvgIpc) is 2.93. The van der Waals surface area contributed by atoms with Crippen molar-refractivity contribution in [3.63, 3.8) is 0 Å². The number of hydrogen-bond acceptors (Lipinski definition) is 5. The number of pyridine rings is 1. The van der Waals surface area contributed by atoms with Gasteiger partial charge in [-0.05, 0) is 30.7 Å². The van der Waals surface area contributed by atoms with Crippen LogP contribution in [0, 0.1) is 0 Å². The van der Waals surface area contributed by atoms with Crippen molar-refractivity contribution < 1.29 is 19.4 Å². The van der Waals surface area contributed by atoms with Crippen molar-refractivity contribution in [2.45, 2.75) is 26.3 Å². The predicted molar refractivity (Wildman–Crippen MR) is 97.0 cm³/mol. The van der Waals surface area contributed by atoms with Crippen LogP contribution in [-0.4, -0.2) is 28.4 Å². The van der Waals surface area contributed by atoms with Crippen LogP contribution < -0.4 is 9.64 Å². The SMILES string of the molecule is CCOc1cccc(N2C(=O)C(O)=C(C(=O)CC)C2c2cccnc2)c1. The number of ketones is 1. The summed E-state index contributed by atoms with van der Waals surface area (Å²) in [6.45, 7) is 4.07. The minimum atomic E-state index is -0.722. The van der Waals surface area contributed by atoms with Crippen LogP contribution in [0.2, 0.25) is 0 Å².